The third-order valence-electron chi connectivity index (χ3n) is 3.01. The SMILES string of the molecule is CN=C(NCCc1ccccn1)NCc1sccc1C. The Hall–Kier alpha value is -1.88. The van der Waals surface area contributed by atoms with Gasteiger partial charge in [0.25, 0.3) is 0 Å². The number of hydrogen-bond acceptors (Lipinski definition) is 3. The fraction of sp³-hybridized carbons (Fsp3) is 0.333. The highest BCUT2D eigenvalue weighted by Gasteiger charge is 2.02. The predicted molar refractivity (Wildman–Crippen MR) is 85.2 cm³/mol. The number of hydrogen-bond donors (Lipinski definition) is 2. The molecule has 0 aromatic carbocycles. The first-order valence-corrected chi connectivity index (χ1v) is 7.55. The van der Waals surface area contributed by atoms with Gasteiger partial charge in [-0.1, -0.05) is 6.07 Å². The van der Waals surface area contributed by atoms with Gasteiger partial charge >= 0.3 is 0 Å². The molecule has 2 heterocycles. The Morgan fingerprint density at radius 1 is 1.30 bits per heavy atom. The maximum absolute atomic E-state index is 4.30. The number of aromatic nitrogens is 1. The maximum atomic E-state index is 4.30. The minimum Gasteiger partial charge on any atom is -0.356 e. The Morgan fingerprint density at radius 2 is 2.20 bits per heavy atom. The quantitative estimate of drug-likeness (QED) is 0.656. The number of guanidine groups is 1. The zero-order valence-electron chi connectivity index (χ0n) is 11.9. The van der Waals surface area contributed by atoms with Crippen LogP contribution in [0.2, 0.25) is 0 Å². The van der Waals surface area contributed by atoms with Gasteiger partial charge in [0.05, 0.1) is 6.54 Å². The van der Waals surface area contributed by atoms with Crippen molar-refractivity contribution in [3.05, 3.63) is 52.0 Å². The van der Waals surface area contributed by atoms with Gasteiger partial charge in [-0.2, -0.15) is 0 Å². The predicted octanol–water partition coefficient (Wildman–Crippen LogP) is 2.36. The number of aliphatic imine (C=N–C) groups is 1. The molecule has 0 saturated heterocycles. The summed E-state index contributed by atoms with van der Waals surface area (Å²) in [4.78, 5) is 9.87. The van der Waals surface area contributed by atoms with Crippen molar-refractivity contribution in [3.8, 4) is 0 Å². The van der Waals surface area contributed by atoms with Crippen molar-refractivity contribution < 1.29 is 0 Å². The monoisotopic (exact) mass is 288 g/mol. The Bertz CT molecular complexity index is 548. The van der Waals surface area contributed by atoms with Crippen molar-refractivity contribution in [2.45, 2.75) is 19.9 Å². The van der Waals surface area contributed by atoms with Crippen molar-refractivity contribution in [2.75, 3.05) is 13.6 Å². The van der Waals surface area contributed by atoms with Crippen molar-refractivity contribution >= 4 is 17.3 Å². The van der Waals surface area contributed by atoms with E-state index in [0.29, 0.717) is 0 Å². The molecule has 0 radical (unpaired) electrons. The number of pyridine rings is 1. The number of rotatable bonds is 5. The summed E-state index contributed by atoms with van der Waals surface area (Å²) in [5, 5.41) is 8.75. The standard InChI is InChI=1S/C15H20N4S/c1-12-7-10-20-14(12)11-19-15(16-2)18-9-6-13-5-3-4-8-17-13/h3-5,7-8,10H,6,9,11H2,1-2H3,(H2,16,18,19). The molecule has 0 spiro atoms. The van der Waals surface area contributed by atoms with Crippen LogP contribution in [0.3, 0.4) is 0 Å². The average Bonchev–Trinajstić information content (AvgIpc) is 2.89. The topological polar surface area (TPSA) is 49.3 Å². The maximum Gasteiger partial charge on any atom is 0.191 e. The molecule has 5 heteroatoms. The lowest BCUT2D eigenvalue weighted by Gasteiger charge is -2.11. The molecule has 2 aromatic heterocycles. The van der Waals surface area contributed by atoms with Gasteiger partial charge in [-0.3, -0.25) is 9.98 Å². The summed E-state index contributed by atoms with van der Waals surface area (Å²) in [5.74, 6) is 0.828. The molecule has 106 valence electrons. The molecule has 0 amide bonds. The fourth-order valence-electron chi connectivity index (χ4n) is 1.82. The second-order valence-electron chi connectivity index (χ2n) is 4.45. The summed E-state index contributed by atoms with van der Waals surface area (Å²) in [5.41, 5.74) is 2.41. The van der Waals surface area contributed by atoms with Crippen LogP contribution in [-0.4, -0.2) is 24.5 Å². The Labute approximate surface area is 124 Å². The molecule has 0 bridgehead atoms. The van der Waals surface area contributed by atoms with Crippen LogP contribution in [0.1, 0.15) is 16.1 Å². The van der Waals surface area contributed by atoms with Crippen LogP contribution in [0.4, 0.5) is 0 Å². The summed E-state index contributed by atoms with van der Waals surface area (Å²) >= 11 is 1.77. The summed E-state index contributed by atoms with van der Waals surface area (Å²) in [7, 11) is 1.79. The van der Waals surface area contributed by atoms with E-state index in [1.165, 1.54) is 10.4 Å². The lowest BCUT2D eigenvalue weighted by molar-refractivity contribution is 0.787. The van der Waals surface area contributed by atoms with E-state index in [9.17, 15) is 0 Å². The molecular weight excluding hydrogens is 268 g/mol. The van der Waals surface area contributed by atoms with Crippen LogP contribution >= 0.6 is 11.3 Å². The van der Waals surface area contributed by atoms with E-state index in [1.807, 2.05) is 24.4 Å². The van der Waals surface area contributed by atoms with Crippen molar-refractivity contribution in [1.29, 1.82) is 0 Å². The molecule has 0 fully saturated rings. The average molecular weight is 288 g/mol. The van der Waals surface area contributed by atoms with Gasteiger partial charge in [-0.15, -0.1) is 11.3 Å². The first-order valence-electron chi connectivity index (χ1n) is 6.67. The molecule has 0 aliphatic rings. The van der Waals surface area contributed by atoms with E-state index in [-0.39, 0.29) is 0 Å². The van der Waals surface area contributed by atoms with Crippen molar-refractivity contribution in [1.82, 2.24) is 15.6 Å². The first kappa shape index (κ1) is 14.5. The third-order valence-corrected chi connectivity index (χ3v) is 4.03. The van der Waals surface area contributed by atoms with Gasteiger partial charge in [0.15, 0.2) is 5.96 Å². The summed E-state index contributed by atoms with van der Waals surface area (Å²) in [6.07, 6.45) is 2.71. The minimum absolute atomic E-state index is 0.812. The highest BCUT2D eigenvalue weighted by Crippen LogP contribution is 2.14. The molecule has 0 saturated carbocycles. The summed E-state index contributed by atoms with van der Waals surface area (Å²) < 4.78 is 0. The lowest BCUT2D eigenvalue weighted by atomic mass is 10.3. The highest BCUT2D eigenvalue weighted by molar-refractivity contribution is 7.10. The van der Waals surface area contributed by atoms with Gasteiger partial charge in [-0.25, -0.2) is 0 Å². The largest absolute Gasteiger partial charge is 0.356 e. The van der Waals surface area contributed by atoms with Gasteiger partial charge in [-0.05, 0) is 36.1 Å². The first-order chi connectivity index (χ1) is 9.79. The third kappa shape index (κ3) is 4.35. The highest BCUT2D eigenvalue weighted by atomic mass is 32.1. The fourth-order valence-corrected chi connectivity index (χ4v) is 2.67. The molecule has 0 atom stereocenters. The van der Waals surface area contributed by atoms with Gasteiger partial charge in [0, 0.05) is 36.8 Å². The van der Waals surface area contributed by atoms with Crippen LogP contribution in [0.15, 0.2) is 40.8 Å². The molecule has 0 unspecified atom stereocenters. The van der Waals surface area contributed by atoms with E-state index >= 15 is 0 Å². The van der Waals surface area contributed by atoms with E-state index < -0.39 is 0 Å². The van der Waals surface area contributed by atoms with Gasteiger partial charge in [0.2, 0.25) is 0 Å². The normalized spacial score (nSPS) is 11.4. The van der Waals surface area contributed by atoms with E-state index in [2.05, 4.69) is 39.0 Å². The molecule has 2 N–H and O–H groups in total. The lowest BCUT2D eigenvalue weighted by Crippen LogP contribution is -2.37. The van der Waals surface area contributed by atoms with Gasteiger partial charge in [0.1, 0.15) is 0 Å². The number of aryl methyl sites for hydroxylation is 1. The molecule has 2 rings (SSSR count). The van der Waals surface area contributed by atoms with E-state index in [4.69, 9.17) is 0 Å². The zero-order chi connectivity index (χ0) is 14.2. The Morgan fingerprint density at radius 3 is 2.85 bits per heavy atom. The number of thiophene rings is 1. The molecular formula is C15H20N4S. The van der Waals surface area contributed by atoms with Crippen LogP contribution in [0.5, 0.6) is 0 Å². The van der Waals surface area contributed by atoms with Crippen LogP contribution in [0, 0.1) is 6.92 Å². The molecule has 0 aliphatic heterocycles. The van der Waals surface area contributed by atoms with Crippen LogP contribution < -0.4 is 10.6 Å². The van der Waals surface area contributed by atoms with Crippen LogP contribution in [-0.2, 0) is 13.0 Å². The molecule has 4 nitrogen and oxygen atoms in total. The molecule has 2 aromatic rings. The number of nitrogens with one attached hydrogen (secondary N) is 2. The Balaban J connectivity index is 1.74. The van der Waals surface area contributed by atoms with E-state index in [0.717, 1.165) is 31.2 Å². The van der Waals surface area contributed by atoms with Crippen LogP contribution in [0.25, 0.3) is 0 Å². The summed E-state index contributed by atoms with van der Waals surface area (Å²) in [6, 6.07) is 8.11. The molecule has 20 heavy (non-hydrogen) atoms. The van der Waals surface area contributed by atoms with Crippen molar-refractivity contribution in [2.24, 2.45) is 4.99 Å². The van der Waals surface area contributed by atoms with Gasteiger partial charge < -0.3 is 10.6 Å². The smallest absolute Gasteiger partial charge is 0.191 e. The summed E-state index contributed by atoms with van der Waals surface area (Å²) in [6.45, 7) is 3.76. The number of nitrogens with zero attached hydrogens (tertiary/aromatic N) is 2. The second-order valence-corrected chi connectivity index (χ2v) is 5.45. The zero-order valence-corrected chi connectivity index (χ0v) is 12.7. The van der Waals surface area contributed by atoms with E-state index in [1.54, 1.807) is 18.4 Å². The second kappa shape index (κ2) is 7.65. The molecule has 0 aliphatic carbocycles. The van der Waals surface area contributed by atoms with Crippen molar-refractivity contribution in [3.63, 3.8) is 0 Å². The Kier molecular flexibility index (Phi) is 5.55. The minimum atomic E-state index is 0.812.